The van der Waals surface area contributed by atoms with Crippen LogP contribution in [0.25, 0.3) is 0 Å². The van der Waals surface area contributed by atoms with Crippen LogP contribution in [0.15, 0.2) is 0 Å². The molecule has 1 atom stereocenters. The normalized spacial score (nSPS) is 23.5. The van der Waals surface area contributed by atoms with Crippen molar-refractivity contribution in [3.05, 3.63) is 10.1 Å². The largest absolute Gasteiger partial charge is 0.307 e. The Bertz CT molecular complexity index is 187. The van der Waals surface area contributed by atoms with E-state index in [0.29, 0.717) is 0 Å². The second-order valence-electron chi connectivity index (χ2n) is 2.96. The smallest absolute Gasteiger partial charge is 0.262 e. The SMILES string of the molecule is O=C(C[N+](=O)[O-])C1CCCCN1. The fourth-order valence-electron chi connectivity index (χ4n) is 1.36. The van der Waals surface area contributed by atoms with E-state index >= 15 is 0 Å². The van der Waals surface area contributed by atoms with Gasteiger partial charge in [-0.2, -0.15) is 0 Å². The predicted octanol–water partition coefficient (Wildman–Crippen LogP) is -0.0257. The fraction of sp³-hybridized carbons (Fsp3) is 0.857. The number of Topliss-reactive ketones (excluding diaryl/α,β-unsaturated/α-hetero) is 1. The molecule has 0 radical (unpaired) electrons. The van der Waals surface area contributed by atoms with Crippen LogP contribution in [0.3, 0.4) is 0 Å². The van der Waals surface area contributed by atoms with E-state index in [-0.39, 0.29) is 11.8 Å². The summed E-state index contributed by atoms with van der Waals surface area (Å²) >= 11 is 0. The van der Waals surface area contributed by atoms with Crippen LogP contribution >= 0.6 is 0 Å². The van der Waals surface area contributed by atoms with Crippen molar-refractivity contribution in [3.63, 3.8) is 0 Å². The van der Waals surface area contributed by atoms with Gasteiger partial charge in [-0.15, -0.1) is 0 Å². The van der Waals surface area contributed by atoms with Crippen LogP contribution in [-0.4, -0.2) is 29.8 Å². The average molecular weight is 172 g/mol. The van der Waals surface area contributed by atoms with Crippen molar-refractivity contribution in [1.82, 2.24) is 5.32 Å². The highest BCUT2D eigenvalue weighted by molar-refractivity contribution is 5.85. The first-order valence-electron chi connectivity index (χ1n) is 4.08. The number of nitro groups is 1. The Morgan fingerprint density at radius 2 is 2.33 bits per heavy atom. The van der Waals surface area contributed by atoms with Crippen molar-refractivity contribution in [3.8, 4) is 0 Å². The summed E-state index contributed by atoms with van der Waals surface area (Å²) in [5.41, 5.74) is 0. The van der Waals surface area contributed by atoms with E-state index in [2.05, 4.69) is 5.32 Å². The highest BCUT2D eigenvalue weighted by atomic mass is 16.6. The first kappa shape index (κ1) is 9.12. The van der Waals surface area contributed by atoms with Crippen LogP contribution in [0.4, 0.5) is 0 Å². The Hall–Kier alpha value is -0.970. The Labute approximate surface area is 70.3 Å². The zero-order chi connectivity index (χ0) is 8.97. The third-order valence-electron chi connectivity index (χ3n) is 1.98. The van der Waals surface area contributed by atoms with E-state index < -0.39 is 11.5 Å². The van der Waals surface area contributed by atoms with Crippen molar-refractivity contribution in [2.45, 2.75) is 25.3 Å². The minimum atomic E-state index is -0.571. The quantitative estimate of drug-likeness (QED) is 0.479. The van der Waals surface area contributed by atoms with Crippen LogP contribution in [0, 0.1) is 10.1 Å². The van der Waals surface area contributed by atoms with Crippen LogP contribution in [0.2, 0.25) is 0 Å². The Balaban J connectivity index is 2.34. The fourth-order valence-corrected chi connectivity index (χ4v) is 1.36. The summed E-state index contributed by atoms with van der Waals surface area (Å²) < 4.78 is 0. The van der Waals surface area contributed by atoms with Gasteiger partial charge in [0, 0.05) is 4.92 Å². The van der Waals surface area contributed by atoms with Gasteiger partial charge in [0.1, 0.15) is 0 Å². The number of carbonyl (C=O) groups excluding carboxylic acids is 1. The lowest BCUT2D eigenvalue weighted by atomic mass is 10.0. The van der Waals surface area contributed by atoms with Crippen LogP contribution in [0.1, 0.15) is 19.3 Å². The second-order valence-corrected chi connectivity index (χ2v) is 2.96. The third-order valence-corrected chi connectivity index (χ3v) is 1.98. The van der Waals surface area contributed by atoms with E-state index in [1.54, 1.807) is 0 Å². The molecule has 0 amide bonds. The number of hydrogen-bond donors (Lipinski definition) is 1. The van der Waals surface area contributed by atoms with Crippen molar-refractivity contribution < 1.29 is 9.72 Å². The van der Waals surface area contributed by atoms with Gasteiger partial charge in [-0.1, -0.05) is 6.42 Å². The number of carbonyl (C=O) groups is 1. The van der Waals surface area contributed by atoms with Gasteiger partial charge in [0.2, 0.25) is 5.78 Å². The molecule has 0 spiro atoms. The predicted molar refractivity (Wildman–Crippen MR) is 42.5 cm³/mol. The molecule has 1 aliphatic heterocycles. The molecule has 1 aliphatic rings. The van der Waals surface area contributed by atoms with Gasteiger partial charge < -0.3 is 5.32 Å². The number of nitrogens with zero attached hydrogens (tertiary/aromatic N) is 1. The monoisotopic (exact) mass is 172 g/mol. The molecule has 5 heteroatoms. The van der Waals surface area contributed by atoms with E-state index in [1.807, 2.05) is 0 Å². The zero-order valence-corrected chi connectivity index (χ0v) is 6.78. The molecular formula is C7H12N2O3. The van der Waals surface area contributed by atoms with Crippen molar-refractivity contribution in [2.24, 2.45) is 0 Å². The lowest BCUT2D eigenvalue weighted by Gasteiger charge is -2.20. The number of rotatable bonds is 3. The molecule has 0 aromatic rings. The molecule has 1 unspecified atom stereocenters. The van der Waals surface area contributed by atoms with Crippen LogP contribution in [0.5, 0.6) is 0 Å². The van der Waals surface area contributed by atoms with Crippen LogP contribution < -0.4 is 5.32 Å². The van der Waals surface area contributed by atoms with Gasteiger partial charge in [-0.3, -0.25) is 14.9 Å². The van der Waals surface area contributed by atoms with Gasteiger partial charge in [0.15, 0.2) is 0 Å². The molecule has 1 rings (SSSR count). The number of hydrogen-bond acceptors (Lipinski definition) is 4. The summed E-state index contributed by atoms with van der Waals surface area (Å²) in [5, 5.41) is 13.0. The minimum Gasteiger partial charge on any atom is -0.307 e. The maximum absolute atomic E-state index is 11.1. The first-order chi connectivity index (χ1) is 5.70. The Kier molecular flexibility index (Phi) is 3.16. The van der Waals surface area contributed by atoms with Crippen molar-refractivity contribution >= 4 is 5.78 Å². The molecule has 12 heavy (non-hydrogen) atoms. The first-order valence-corrected chi connectivity index (χ1v) is 4.08. The topological polar surface area (TPSA) is 72.2 Å². The standard InChI is InChI=1S/C7H12N2O3/c10-7(5-9(11)12)6-3-1-2-4-8-6/h6,8H,1-5H2. The molecule has 68 valence electrons. The molecule has 5 nitrogen and oxygen atoms in total. The highest BCUT2D eigenvalue weighted by Crippen LogP contribution is 2.07. The molecular weight excluding hydrogens is 160 g/mol. The highest BCUT2D eigenvalue weighted by Gasteiger charge is 2.23. The van der Waals surface area contributed by atoms with Crippen LogP contribution in [-0.2, 0) is 4.79 Å². The lowest BCUT2D eigenvalue weighted by Crippen LogP contribution is -2.42. The molecule has 0 aromatic carbocycles. The zero-order valence-electron chi connectivity index (χ0n) is 6.78. The maximum atomic E-state index is 11.1. The average Bonchev–Trinajstić information content (AvgIpc) is 2.05. The molecule has 0 aliphatic carbocycles. The van der Waals surface area contributed by atoms with E-state index in [0.717, 1.165) is 25.8 Å². The van der Waals surface area contributed by atoms with Gasteiger partial charge in [0.25, 0.3) is 6.54 Å². The van der Waals surface area contributed by atoms with E-state index in [4.69, 9.17) is 0 Å². The van der Waals surface area contributed by atoms with Gasteiger partial charge >= 0.3 is 0 Å². The Morgan fingerprint density at radius 3 is 2.83 bits per heavy atom. The Morgan fingerprint density at radius 1 is 1.58 bits per heavy atom. The summed E-state index contributed by atoms with van der Waals surface area (Å²) in [5.74, 6) is -0.292. The molecule has 1 saturated heterocycles. The molecule has 1 fully saturated rings. The second kappa shape index (κ2) is 4.15. The van der Waals surface area contributed by atoms with Gasteiger partial charge in [0.05, 0.1) is 6.04 Å². The summed E-state index contributed by atoms with van der Waals surface area (Å²) in [6, 6.07) is -0.274. The van der Waals surface area contributed by atoms with E-state index in [9.17, 15) is 14.9 Å². The molecule has 0 saturated carbocycles. The molecule has 0 bridgehead atoms. The molecule has 0 aromatic heterocycles. The van der Waals surface area contributed by atoms with Gasteiger partial charge in [-0.25, -0.2) is 0 Å². The van der Waals surface area contributed by atoms with Crippen molar-refractivity contribution in [2.75, 3.05) is 13.1 Å². The lowest BCUT2D eigenvalue weighted by molar-refractivity contribution is -0.467. The summed E-state index contributed by atoms with van der Waals surface area (Å²) in [7, 11) is 0. The third kappa shape index (κ3) is 2.58. The number of ketones is 1. The maximum Gasteiger partial charge on any atom is 0.262 e. The summed E-state index contributed by atoms with van der Waals surface area (Å²) in [6.07, 6.45) is 2.79. The van der Waals surface area contributed by atoms with Crippen molar-refractivity contribution in [1.29, 1.82) is 0 Å². The summed E-state index contributed by atoms with van der Waals surface area (Å²) in [4.78, 5) is 20.5. The number of nitrogens with one attached hydrogen (secondary N) is 1. The minimum absolute atomic E-state index is 0.274. The number of piperidine rings is 1. The summed E-state index contributed by atoms with van der Waals surface area (Å²) in [6.45, 7) is 0.256. The van der Waals surface area contributed by atoms with E-state index in [1.165, 1.54) is 0 Å². The molecule has 1 heterocycles. The molecule has 1 N–H and O–H groups in total. The van der Waals surface area contributed by atoms with Gasteiger partial charge in [-0.05, 0) is 19.4 Å².